The third-order valence-corrected chi connectivity index (χ3v) is 5.36. The van der Waals surface area contributed by atoms with Gasteiger partial charge in [-0.05, 0) is 39.0 Å². The lowest BCUT2D eigenvalue weighted by atomic mass is 9.96. The first-order valence-corrected chi connectivity index (χ1v) is 10.6. The second-order valence-electron chi connectivity index (χ2n) is 8.82. The standard InChI is InChI=1S/C23H25ClFN3O4/c1-14-12-27(22(30)32-23(2,3)4)8-7-19(14)31-20-10-21(29)28(13-17(20)24)16-6-5-15(11-26)18(25)9-16/h5-6,9-10,13-14,19H,7-8,12H2,1-4H3. The van der Waals surface area contributed by atoms with Crippen LogP contribution in [0, 0.1) is 23.1 Å². The Kier molecular flexibility index (Phi) is 6.79. The fraction of sp³-hybridized carbons (Fsp3) is 0.435. The Balaban J connectivity index is 1.73. The highest BCUT2D eigenvalue weighted by atomic mass is 35.5. The van der Waals surface area contributed by atoms with E-state index < -0.39 is 17.0 Å². The van der Waals surface area contributed by atoms with E-state index in [1.165, 1.54) is 29.0 Å². The number of amides is 1. The van der Waals surface area contributed by atoms with Crippen LogP contribution in [0.4, 0.5) is 9.18 Å². The maximum Gasteiger partial charge on any atom is 0.410 e. The van der Waals surface area contributed by atoms with Gasteiger partial charge in [0.2, 0.25) is 0 Å². The van der Waals surface area contributed by atoms with Crippen LogP contribution in [0.5, 0.6) is 5.75 Å². The van der Waals surface area contributed by atoms with Crippen LogP contribution in [-0.2, 0) is 4.74 Å². The molecule has 1 aliphatic rings. The average Bonchev–Trinajstić information content (AvgIpc) is 2.70. The lowest BCUT2D eigenvalue weighted by Crippen LogP contribution is -2.48. The third kappa shape index (κ3) is 5.40. The molecule has 2 atom stereocenters. The monoisotopic (exact) mass is 461 g/mol. The van der Waals surface area contributed by atoms with Gasteiger partial charge in [0.05, 0.1) is 16.3 Å². The number of hydrogen-bond donors (Lipinski definition) is 0. The van der Waals surface area contributed by atoms with Gasteiger partial charge in [0.25, 0.3) is 5.56 Å². The molecule has 2 heterocycles. The quantitative estimate of drug-likeness (QED) is 0.670. The molecule has 1 fully saturated rings. The largest absolute Gasteiger partial charge is 0.488 e. The van der Waals surface area contributed by atoms with E-state index in [0.29, 0.717) is 19.5 Å². The van der Waals surface area contributed by atoms with Crippen LogP contribution in [0.25, 0.3) is 5.69 Å². The number of pyridine rings is 1. The predicted octanol–water partition coefficient (Wildman–Crippen LogP) is 4.53. The van der Waals surface area contributed by atoms with Crippen LogP contribution in [0.1, 0.15) is 39.7 Å². The van der Waals surface area contributed by atoms with Gasteiger partial charge >= 0.3 is 6.09 Å². The smallest absolute Gasteiger partial charge is 0.410 e. The summed E-state index contributed by atoms with van der Waals surface area (Å²) in [6.45, 7) is 8.33. The SMILES string of the molecule is CC1CN(C(=O)OC(C)(C)C)CCC1Oc1cc(=O)n(-c2ccc(C#N)c(F)c2)cc1Cl. The molecule has 1 aromatic carbocycles. The van der Waals surface area contributed by atoms with Crippen LogP contribution >= 0.6 is 11.6 Å². The minimum absolute atomic E-state index is 0.0117. The van der Waals surface area contributed by atoms with E-state index in [-0.39, 0.29) is 40.1 Å². The molecule has 0 radical (unpaired) electrons. The van der Waals surface area contributed by atoms with Gasteiger partial charge in [0.15, 0.2) is 0 Å². The van der Waals surface area contributed by atoms with Gasteiger partial charge in [-0.1, -0.05) is 18.5 Å². The average molecular weight is 462 g/mol. The number of aromatic nitrogens is 1. The number of nitriles is 1. The van der Waals surface area contributed by atoms with Crippen molar-refractivity contribution in [3.05, 3.63) is 57.2 Å². The second-order valence-corrected chi connectivity index (χ2v) is 9.23. The Hall–Kier alpha value is -3.05. The number of rotatable bonds is 3. The number of hydrogen-bond acceptors (Lipinski definition) is 5. The van der Waals surface area contributed by atoms with Gasteiger partial charge in [-0.3, -0.25) is 9.36 Å². The molecular formula is C23H25ClFN3O4. The molecule has 0 aliphatic carbocycles. The Morgan fingerprint density at radius 3 is 2.62 bits per heavy atom. The highest BCUT2D eigenvalue weighted by Gasteiger charge is 2.32. The zero-order valence-corrected chi connectivity index (χ0v) is 19.1. The number of likely N-dealkylation sites (tertiary alicyclic amines) is 1. The summed E-state index contributed by atoms with van der Waals surface area (Å²) in [6.07, 6.45) is 1.31. The van der Waals surface area contributed by atoms with Crippen molar-refractivity contribution >= 4 is 17.7 Å². The zero-order chi connectivity index (χ0) is 23.6. The lowest BCUT2D eigenvalue weighted by Gasteiger charge is -2.37. The van der Waals surface area contributed by atoms with Crippen molar-refractivity contribution in [2.24, 2.45) is 5.92 Å². The molecular weight excluding hydrogens is 437 g/mol. The number of carbonyl (C=O) groups is 1. The molecule has 0 N–H and O–H groups in total. The maximum atomic E-state index is 13.9. The number of benzene rings is 1. The van der Waals surface area contributed by atoms with Gasteiger partial charge in [-0.25, -0.2) is 9.18 Å². The highest BCUT2D eigenvalue weighted by Crippen LogP contribution is 2.29. The van der Waals surface area contributed by atoms with Crippen LogP contribution in [0.2, 0.25) is 5.02 Å². The first kappa shape index (κ1) is 23.6. The van der Waals surface area contributed by atoms with E-state index >= 15 is 0 Å². The maximum absolute atomic E-state index is 13.9. The predicted molar refractivity (Wildman–Crippen MR) is 118 cm³/mol. The van der Waals surface area contributed by atoms with E-state index in [1.54, 1.807) is 11.0 Å². The summed E-state index contributed by atoms with van der Waals surface area (Å²) in [5, 5.41) is 9.05. The molecule has 0 saturated carbocycles. The molecule has 1 aromatic heterocycles. The first-order chi connectivity index (χ1) is 15.0. The van der Waals surface area contributed by atoms with Gasteiger partial charge in [-0.2, -0.15) is 5.26 Å². The number of halogens is 2. The number of ether oxygens (including phenoxy) is 2. The molecule has 2 unspecified atom stereocenters. The van der Waals surface area contributed by atoms with Crippen molar-refractivity contribution in [2.75, 3.05) is 13.1 Å². The summed E-state index contributed by atoms with van der Waals surface area (Å²) in [7, 11) is 0. The molecule has 7 nitrogen and oxygen atoms in total. The Morgan fingerprint density at radius 2 is 2.03 bits per heavy atom. The second kappa shape index (κ2) is 9.21. The topological polar surface area (TPSA) is 84.6 Å². The van der Waals surface area contributed by atoms with Crippen molar-refractivity contribution in [2.45, 2.75) is 45.8 Å². The van der Waals surface area contributed by atoms with Crippen molar-refractivity contribution in [3.8, 4) is 17.5 Å². The molecule has 170 valence electrons. The van der Waals surface area contributed by atoms with Crippen molar-refractivity contribution in [1.29, 1.82) is 5.26 Å². The normalized spacial score (nSPS) is 18.7. The Morgan fingerprint density at radius 1 is 1.31 bits per heavy atom. The molecule has 0 spiro atoms. The Bertz CT molecular complexity index is 1120. The summed E-state index contributed by atoms with van der Waals surface area (Å²) >= 11 is 6.35. The Labute approximate surface area is 190 Å². The van der Waals surface area contributed by atoms with Gasteiger partial charge in [0, 0.05) is 37.7 Å². The highest BCUT2D eigenvalue weighted by molar-refractivity contribution is 6.31. The fourth-order valence-electron chi connectivity index (χ4n) is 3.48. The summed E-state index contributed by atoms with van der Waals surface area (Å²) in [5.74, 6) is -0.508. The molecule has 9 heteroatoms. The first-order valence-electron chi connectivity index (χ1n) is 10.3. The van der Waals surface area contributed by atoms with Crippen LogP contribution in [0.15, 0.2) is 35.3 Å². The zero-order valence-electron chi connectivity index (χ0n) is 18.4. The van der Waals surface area contributed by atoms with Crippen molar-refractivity contribution in [1.82, 2.24) is 9.47 Å². The molecule has 32 heavy (non-hydrogen) atoms. The summed E-state index contributed by atoms with van der Waals surface area (Å²) in [4.78, 5) is 26.6. The van der Waals surface area contributed by atoms with E-state index in [1.807, 2.05) is 27.7 Å². The lowest BCUT2D eigenvalue weighted by molar-refractivity contribution is 0.000343. The molecule has 3 rings (SSSR count). The van der Waals surface area contributed by atoms with Crippen LogP contribution < -0.4 is 10.3 Å². The van der Waals surface area contributed by atoms with E-state index in [0.717, 1.165) is 6.07 Å². The molecule has 1 saturated heterocycles. The van der Waals surface area contributed by atoms with Gasteiger partial charge in [0.1, 0.15) is 29.3 Å². The van der Waals surface area contributed by atoms with Crippen LogP contribution in [0.3, 0.4) is 0 Å². The van der Waals surface area contributed by atoms with E-state index in [9.17, 15) is 14.0 Å². The van der Waals surface area contributed by atoms with Crippen LogP contribution in [-0.4, -0.2) is 40.4 Å². The van der Waals surface area contributed by atoms with Crippen molar-refractivity contribution in [3.63, 3.8) is 0 Å². The summed E-state index contributed by atoms with van der Waals surface area (Å²) in [6, 6.07) is 6.86. The number of nitrogens with zero attached hydrogens (tertiary/aromatic N) is 3. The summed E-state index contributed by atoms with van der Waals surface area (Å²) in [5.41, 5.74) is -0.880. The van der Waals surface area contributed by atoms with Gasteiger partial charge < -0.3 is 14.4 Å². The number of piperidine rings is 1. The molecule has 1 aliphatic heterocycles. The number of carbonyl (C=O) groups excluding carboxylic acids is 1. The minimum atomic E-state index is -0.723. The molecule has 1 amide bonds. The fourth-order valence-corrected chi connectivity index (χ4v) is 3.68. The molecule has 0 bridgehead atoms. The minimum Gasteiger partial charge on any atom is -0.488 e. The van der Waals surface area contributed by atoms with E-state index in [4.69, 9.17) is 26.3 Å². The third-order valence-electron chi connectivity index (χ3n) is 5.08. The summed E-state index contributed by atoms with van der Waals surface area (Å²) < 4.78 is 26.6. The molecule has 2 aromatic rings. The van der Waals surface area contributed by atoms with E-state index in [2.05, 4.69) is 0 Å². The van der Waals surface area contributed by atoms with Gasteiger partial charge in [-0.15, -0.1) is 0 Å². The van der Waals surface area contributed by atoms with Crippen molar-refractivity contribution < 1.29 is 18.7 Å².